The van der Waals surface area contributed by atoms with E-state index < -0.39 is 0 Å². The van der Waals surface area contributed by atoms with Gasteiger partial charge < -0.3 is 0 Å². The summed E-state index contributed by atoms with van der Waals surface area (Å²) in [4.78, 5) is 5.76. The van der Waals surface area contributed by atoms with Gasteiger partial charge in [-0.05, 0) is 72.5 Å². The number of benzene rings is 4. The van der Waals surface area contributed by atoms with Crippen molar-refractivity contribution >= 4 is 44.4 Å². The zero-order valence-electron chi connectivity index (χ0n) is 27.8. The molecule has 2 aliphatic heterocycles. The fourth-order valence-electron chi connectivity index (χ4n) is 9.05. The Kier molecular flexibility index (Phi) is 5.80. The molecular weight excluding hydrogens is 609 g/mol. The summed E-state index contributed by atoms with van der Waals surface area (Å²) in [6, 6.07) is 47.1. The van der Waals surface area contributed by atoms with E-state index in [2.05, 4.69) is 173 Å². The molecule has 0 radical (unpaired) electrons. The van der Waals surface area contributed by atoms with Gasteiger partial charge in [0.25, 0.3) is 0 Å². The summed E-state index contributed by atoms with van der Waals surface area (Å²) in [6.07, 6.45) is 10.9. The Hall–Kier alpha value is -6.13. The Morgan fingerprint density at radius 1 is 0.680 bits per heavy atom. The summed E-state index contributed by atoms with van der Waals surface area (Å²) in [5.41, 5.74) is 14.8. The summed E-state index contributed by atoms with van der Waals surface area (Å²) >= 11 is 0. The second-order valence-corrected chi connectivity index (χ2v) is 14.1. The van der Waals surface area contributed by atoms with Crippen molar-refractivity contribution in [3.63, 3.8) is 0 Å². The molecule has 236 valence electrons. The molecule has 2 unspecified atom stereocenters. The van der Waals surface area contributed by atoms with Crippen LogP contribution in [0.25, 0.3) is 78.1 Å². The highest BCUT2D eigenvalue weighted by Gasteiger charge is 2.41. The van der Waals surface area contributed by atoms with Crippen molar-refractivity contribution in [2.75, 3.05) is 0 Å². The number of allylic oxidation sites excluding steroid dienone is 1. The summed E-state index contributed by atoms with van der Waals surface area (Å²) in [5.74, 6) is 0.309. The maximum absolute atomic E-state index is 5.76. The van der Waals surface area contributed by atoms with E-state index in [1.807, 2.05) is 0 Å². The molecule has 4 aromatic carbocycles. The highest BCUT2D eigenvalue weighted by molar-refractivity contribution is 6.23. The molecule has 4 nitrogen and oxygen atoms in total. The third kappa shape index (κ3) is 3.90. The zero-order chi connectivity index (χ0) is 32.9. The van der Waals surface area contributed by atoms with Gasteiger partial charge in [0.15, 0.2) is 24.6 Å². The molecule has 7 heterocycles. The van der Waals surface area contributed by atoms with Gasteiger partial charge in [-0.15, -0.1) is 0 Å². The Bertz CT molecular complexity index is 2840. The molecule has 2 aliphatic rings. The summed E-state index contributed by atoms with van der Waals surface area (Å²) in [7, 11) is 0. The van der Waals surface area contributed by atoms with Crippen LogP contribution in [0, 0.1) is 6.92 Å². The molecule has 0 saturated heterocycles. The lowest BCUT2D eigenvalue weighted by atomic mass is 9.78. The van der Waals surface area contributed by atoms with E-state index in [1.54, 1.807) is 0 Å². The number of nitrogens with zero attached hydrogens (tertiary/aromatic N) is 4. The number of pyridine rings is 3. The SMILES string of the molecule is Cc1ccc2[n+](c1)C1Cc3nc4c(cc3-c3cccc[n+]3/C=C/CC1c1ccccc1-2)c1cccc2c3cc(-c5ccccc5)ccc3n4c21. The smallest absolute Gasteiger partial charge is 0.219 e. The first-order chi connectivity index (χ1) is 24.7. The van der Waals surface area contributed by atoms with Crippen LogP contribution < -0.4 is 9.13 Å². The molecule has 2 atom stereocenters. The minimum atomic E-state index is 0.211. The molecule has 0 N–H and O–H groups in total. The minimum Gasteiger partial charge on any atom is -0.293 e. The van der Waals surface area contributed by atoms with Crippen LogP contribution >= 0.6 is 0 Å². The number of para-hydroxylation sites is 1. The molecule has 4 heteroatoms. The van der Waals surface area contributed by atoms with Crippen LogP contribution in [0.3, 0.4) is 0 Å². The molecule has 11 rings (SSSR count). The Morgan fingerprint density at radius 3 is 2.44 bits per heavy atom. The second-order valence-electron chi connectivity index (χ2n) is 14.1. The van der Waals surface area contributed by atoms with Gasteiger partial charge in [-0.2, -0.15) is 9.13 Å². The number of hydrogen-bond acceptors (Lipinski definition) is 1. The summed E-state index contributed by atoms with van der Waals surface area (Å²) < 4.78 is 7.27. The van der Waals surface area contributed by atoms with E-state index in [0.29, 0.717) is 5.92 Å². The highest BCUT2D eigenvalue weighted by Crippen LogP contribution is 2.45. The molecule has 0 amide bonds. The van der Waals surface area contributed by atoms with Crippen LogP contribution in [-0.4, -0.2) is 9.38 Å². The van der Waals surface area contributed by atoms with E-state index in [0.717, 1.165) is 24.2 Å². The maximum Gasteiger partial charge on any atom is 0.219 e. The lowest BCUT2D eigenvalue weighted by Gasteiger charge is -2.30. The molecule has 5 aromatic heterocycles. The van der Waals surface area contributed by atoms with Crippen LogP contribution in [-0.2, 0) is 6.42 Å². The van der Waals surface area contributed by atoms with Gasteiger partial charge in [-0.25, -0.2) is 4.98 Å². The summed E-state index contributed by atoms with van der Waals surface area (Å²) in [5, 5.41) is 4.99. The van der Waals surface area contributed by atoms with E-state index >= 15 is 0 Å². The molecular formula is C46H34N4+2. The standard InChI is InChI=1S/C46H34N4/c1-29-19-21-42-33-14-6-5-13-32(33)34-17-10-24-48-23-8-7-18-41(48)39-26-38-36-16-9-15-35-37-25-31(30-11-3-2-4-12-30)20-22-43(37)50(45(35)36)46(38)47-40(39)27-44(34)49(42)28-29/h2-16,18-26,28,34,44H,17,27H2,1H3/q+2/b24-10+. The number of hydrogen-bond donors (Lipinski definition) is 0. The molecule has 0 aliphatic carbocycles. The van der Waals surface area contributed by atoms with Gasteiger partial charge in [0.05, 0.1) is 34.6 Å². The van der Waals surface area contributed by atoms with E-state index in [-0.39, 0.29) is 6.04 Å². The largest absolute Gasteiger partial charge is 0.293 e. The lowest BCUT2D eigenvalue weighted by molar-refractivity contribution is -0.718. The van der Waals surface area contributed by atoms with Crippen molar-refractivity contribution in [3.05, 3.63) is 163 Å². The first-order valence-corrected chi connectivity index (χ1v) is 17.7. The van der Waals surface area contributed by atoms with Crippen molar-refractivity contribution < 1.29 is 9.13 Å². The van der Waals surface area contributed by atoms with Gasteiger partial charge in [0.1, 0.15) is 5.65 Å². The van der Waals surface area contributed by atoms with Crippen molar-refractivity contribution in [2.45, 2.75) is 31.7 Å². The summed E-state index contributed by atoms with van der Waals surface area (Å²) in [6.45, 7) is 2.21. The maximum atomic E-state index is 5.76. The Morgan fingerprint density at radius 2 is 1.52 bits per heavy atom. The highest BCUT2D eigenvalue weighted by atomic mass is 15.0. The lowest BCUT2D eigenvalue weighted by Crippen LogP contribution is -2.49. The topological polar surface area (TPSA) is 25.1 Å². The average molecular weight is 643 g/mol. The number of rotatable bonds is 1. The van der Waals surface area contributed by atoms with Crippen molar-refractivity contribution in [2.24, 2.45) is 0 Å². The average Bonchev–Trinajstić information content (AvgIpc) is 3.67. The van der Waals surface area contributed by atoms with Crippen LogP contribution in [0.5, 0.6) is 0 Å². The van der Waals surface area contributed by atoms with Gasteiger partial charge in [-0.1, -0.05) is 72.8 Å². The quantitative estimate of drug-likeness (QED) is 0.164. The fourth-order valence-corrected chi connectivity index (χ4v) is 9.05. The van der Waals surface area contributed by atoms with Crippen molar-refractivity contribution in [3.8, 4) is 33.6 Å². The third-order valence-corrected chi connectivity index (χ3v) is 11.3. The second kappa shape index (κ2) is 10.4. The molecule has 0 saturated carbocycles. The minimum absolute atomic E-state index is 0.211. The first kappa shape index (κ1) is 27.8. The molecule has 0 spiro atoms. The zero-order valence-corrected chi connectivity index (χ0v) is 27.8. The monoisotopic (exact) mass is 642 g/mol. The van der Waals surface area contributed by atoms with E-state index in [9.17, 15) is 0 Å². The van der Waals surface area contributed by atoms with Gasteiger partial charge in [0.2, 0.25) is 11.4 Å². The van der Waals surface area contributed by atoms with Crippen LogP contribution in [0.4, 0.5) is 0 Å². The van der Waals surface area contributed by atoms with Crippen LogP contribution in [0.1, 0.15) is 35.2 Å². The predicted molar refractivity (Wildman–Crippen MR) is 202 cm³/mol. The first-order valence-electron chi connectivity index (χ1n) is 17.7. The van der Waals surface area contributed by atoms with E-state index in [1.165, 1.54) is 77.3 Å². The van der Waals surface area contributed by atoms with Gasteiger partial charge in [-0.3, -0.25) is 4.40 Å². The Balaban J connectivity index is 1.21. The van der Waals surface area contributed by atoms with Crippen LogP contribution in [0.15, 0.2) is 146 Å². The molecule has 0 fully saturated rings. The van der Waals surface area contributed by atoms with Gasteiger partial charge >= 0.3 is 0 Å². The molecule has 0 bridgehead atoms. The number of aryl methyl sites for hydroxylation is 1. The van der Waals surface area contributed by atoms with Crippen LogP contribution in [0.2, 0.25) is 0 Å². The van der Waals surface area contributed by atoms with Crippen molar-refractivity contribution in [1.82, 2.24) is 9.38 Å². The fraction of sp³-hybridized carbons (Fsp3) is 0.109. The Labute approximate surface area is 290 Å². The molecule has 9 aromatic rings. The number of fused-ring (bicyclic) bond motifs is 15. The molecule has 50 heavy (non-hydrogen) atoms. The van der Waals surface area contributed by atoms with E-state index in [4.69, 9.17) is 4.98 Å². The van der Waals surface area contributed by atoms with Crippen molar-refractivity contribution in [1.29, 1.82) is 0 Å². The third-order valence-electron chi connectivity index (χ3n) is 11.3. The van der Waals surface area contributed by atoms with Gasteiger partial charge in [0, 0.05) is 50.9 Å². The predicted octanol–water partition coefficient (Wildman–Crippen LogP) is 9.87. The number of aromatic nitrogens is 4. The normalized spacial score (nSPS) is 17.3.